The molecule has 0 unspecified atom stereocenters. The van der Waals surface area contributed by atoms with Gasteiger partial charge < -0.3 is 10.1 Å². The molecule has 4 nitrogen and oxygen atoms in total. The first-order valence-corrected chi connectivity index (χ1v) is 9.08. The highest BCUT2D eigenvalue weighted by atomic mass is 32.1. The van der Waals surface area contributed by atoms with E-state index in [9.17, 15) is 18.4 Å². The molecule has 0 saturated carbocycles. The average molecular weight is 399 g/mol. The van der Waals surface area contributed by atoms with Crippen LogP contribution < -0.4 is 5.32 Å². The van der Waals surface area contributed by atoms with Gasteiger partial charge in [0.25, 0.3) is 5.91 Å². The fourth-order valence-electron chi connectivity index (χ4n) is 2.31. The Hall–Kier alpha value is -3.32. The largest absolute Gasteiger partial charge is 0.452 e. The van der Waals surface area contributed by atoms with Gasteiger partial charge >= 0.3 is 5.97 Å². The Morgan fingerprint density at radius 2 is 1.82 bits per heavy atom. The Bertz CT molecular complexity index is 1020. The minimum atomic E-state index is -0.784. The highest BCUT2D eigenvalue weighted by molar-refractivity contribution is 7.16. The second kappa shape index (κ2) is 9.05. The van der Waals surface area contributed by atoms with Crippen molar-refractivity contribution in [3.63, 3.8) is 0 Å². The van der Waals surface area contributed by atoms with Crippen LogP contribution in [0.4, 0.5) is 14.5 Å². The van der Waals surface area contributed by atoms with Crippen LogP contribution in [0.15, 0.2) is 66.7 Å². The van der Waals surface area contributed by atoms with Crippen LogP contribution >= 0.6 is 11.3 Å². The molecule has 0 aliphatic heterocycles. The van der Waals surface area contributed by atoms with E-state index in [1.807, 2.05) is 42.5 Å². The summed E-state index contributed by atoms with van der Waals surface area (Å²) in [5.41, 5.74) is 0.764. The maximum atomic E-state index is 13.5. The Labute approximate surface area is 164 Å². The SMILES string of the molecule is O=C(COC(=O)/C=C/c1ccc(-c2ccccc2)s1)Nc1cc(F)ccc1F. The number of rotatable bonds is 6. The number of anilines is 1. The van der Waals surface area contributed by atoms with E-state index < -0.39 is 30.1 Å². The van der Waals surface area contributed by atoms with Gasteiger partial charge in [0.1, 0.15) is 11.6 Å². The number of thiophene rings is 1. The fourth-order valence-corrected chi connectivity index (χ4v) is 3.23. The van der Waals surface area contributed by atoms with E-state index in [2.05, 4.69) is 5.32 Å². The summed E-state index contributed by atoms with van der Waals surface area (Å²) in [5, 5.41) is 2.15. The van der Waals surface area contributed by atoms with E-state index in [0.29, 0.717) is 0 Å². The molecule has 3 rings (SSSR count). The minimum Gasteiger partial charge on any atom is -0.452 e. The Morgan fingerprint density at radius 1 is 1.04 bits per heavy atom. The maximum Gasteiger partial charge on any atom is 0.331 e. The molecule has 28 heavy (non-hydrogen) atoms. The van der Waals surface area contributed by atoms with Crippen molar-refractivity contribution < 1.29 is 23.1 Å². The molecule has 3 aromatic rings. The summed E-state index contributed by atoms with van der Waals surface area (Å²) < 4.78 is 31.3. The second-order valence-electron chi connectivity index (χ2n) is 5.68. The third-order valence-corrected chi connectivity index (χ3v) is 4.72. The van der Waals surface area contributed by atoms with E-state index in [1.165, 1.54) is 17.4 Å². The third-order valence-electron chi connectivity index (χ3n) is 3.62. The number of ether oxygens (including phenoxy) is 1. The zero-order valence-corrected chi connectivity index (χ0v) is 15.3. The molecule has 142 valence electrons. The molecule has 1 aromatic heterocycles. The number of amides is 1. The third kappa shape index (κ3) is 5.34. The standard InChI is InChI=1S/C21H15F2NO3S/c22-15-6-9-17(23)18(12-15)24-20(25)13-27-21(26)11-8-16-7-10-19(28-16)14-4-2-1-3-5-14/h1-12H,13H2,(H,24,25)/b11-8+. The molecule has 0 aliphatic carbocycles. The summed E-state index contributed by atoms with van der Waals surface area (Å²) in [5.74, 6) is -2.96. The molecule has 2 aromatic carbocycles. The van der Waals surface area contributed by atoms with Crippen LogP contribution in [0.3, 0.4) is 0 Å². The number of halogens is 2. The number of nitrogens with one attached hydrogen (secondary N) is 1. The highest BCUT2D eigenvalue weighted by Crippen LogP contribution is 2.28. The average Bonchev–Trinajstić information content (AvgIpc) is 3.17. The summed E-state index contributed by atoms with van der Waals surface area (Å²) in [6, 6.07) is 16.3. The maximum absolute atomic E-state index is 13.5. The van der Waals surface area contributed by atoms with Crippen LogP contribution in [0, 0.1) is 11.6 Å². The number of carbonyl (C=O) groups excluding carboxylic acids is 2. The molecule has 1 amide bonds. The first-order valence-electron chi connectivity index (χ1n) is 8.26. The topological polar surface area (TPSA) is 55.4 Å². The number of esters is 1. The lowest BCUT2D eigenvalue weighted by molar-refractivity contribution is -0.142. The number of hydrogen-bond acceptors (Lipinski definition) is 4. The van der Waals surface area contributed by atoms with Gasteiger partial charge in [-0.2, -0.15) is 0 Å². The van der Waals surface area contributed by atoms with Crippen LogP contribution in [-0.4, -0.2) is 18.5 Å². The summed E-state index contributed by atoms with van der Waals surface area (Å²) >= 11 is 1.51. The predicted molar refractivity (Wildman–Crippen MR) is 105 cm³/mol. The molecule has 0 fully saturated rings. The van der Waals surface area contributed by atoms with Crippen LogP contribution in [0.5, 0.6) is 0 Å². The predicted octanol–water partition coefficient (Wildman–Crippen LogP) is 4.89. The lowest BCUT2D eigenvalue weighted by Gasteiger charge is -2.06. The summed E-state index contributed by atoms with van der Waals surface area (Å²) in [6.45, 7) is -0.612. The zero-order chi connectivity index (χ0) is 19.9. The van der Waals surface area contributed by atoms with Gasteiger partial charge in [0, 0.05) is 21.9 Å². The first kappa shape index (κ1) is 19.4. The van der Waals surface area contributed by atoms with Crippen molar-refractivity contribution in [1.82, 2.24) is 0 Å². The van der Waals surface area contributed by atoms with Gasteiger partial charge in [-0.1, -0.05) is 30.3 Å². The first-order chi connectivity index (χ1) is 13.5. The highest BCUT2D eigenvalue weighted by Gasteiger charge is 2.10. The lowest BCUT2D eigenvalue weighted by Crippen LogP contribution is -2.20. The van der Waals surface area contributed by atoms with Gasteiger partial charge in [-0.25, -0.2) is 13.6 Å². The van der Waals surface area contributed by atoms with Gasteiger partial charge in [0.2, 0.25) is 0 Å². The molecule has 0 spiro atoms. The van der Waals surface area contributed by atoms with Crippen LogP contribution in [0.1, 0.15) is 4.88 Å². The van der Waals surface area contributed by atoms with Crippen molar-refractivity contribution in [2.45, 2.75) is 0 Å². The number of carbonyl (C=O) groups is 2. The molecule has 1 N–H and O–H groups in total. The molecule has 7 heteroatoms. The Morgan fingerprint density at radius 3 is 2.61 bits per heavy atom. The second-order valence-corrected chi connectivity index (χ2v) is 6.80. The Balaban J connectivity index is 1.51. The van der Waals surface area contributed by atoms with Crippen LogP contribution in [0.25, 0.3) is 16.5 Å². The summed E-state index contributed by atoms with van der Waals surface area (Å²) in [4.78, 5) is 25.4. The van der Waals surface area contributed by atoms with Gasteiger partial charge in [0.15, 0.2) is 6.61 Å². The van der Waals surface area contributed by atoms with Crippen molar-refractivity contribution in [2.75, 3.05) is 11.9 Å². The summed E-state index contributed by atoms with van der Waals surface area (Å²) in [6.07, 6.45) is 2.79. The molecule has 0 bridgehead atoms. The van der Waals surface area contributed by atoms with E-state index in [4.69, 9.17) is 4.74 Å². The molecule has 0 aliphatic rings. The summed E-state index contributed by atoms with van der Waals surface area (Å²) in [7, 11) is 0. The minimum absolute atomic E-state index is 0.316. The number of hydrogen-bond donors (Lipinski definition) is 1. The van der Waals surface area contributed by atoms with E-state index in [1.54, 1.807) is 6.08 Å². The molecule has 0 saturated heterocycles. The smallest absolute Gasteiger partial charge is 0.331 e. The zero-order valence-electron chi connectivity index (χ0n) is 14.5. The van der Waals surface area contributed by atoms with E-state index in [0.717, 1.165) is 33.5 Å². The molecular formula is C21H15F2NO3S. The van der Waals surface area contributed by atoms with Gasteiger partial charge in [-0.3, -0.25) is 4.79 Å². The van der Waals surface area contributed by atoms with Crippen LogP contribution in [0.2, 0.25) is 0 Å². The van der Waals surface area contributed by atoms with Gasteiger partial charge in [-0.15, -0.1) is 11.3 Å². The van der Waals surface area contributed by atoms with Crippen molar-refractivity contribution in [3.05, 3.63) is 83.3 Å². The fraction of sp³-hybridized carbons (Fsp3) is 0.0476. The Kier molecular flexibility index (Phi) is 6.29. The van der Waals surface area contributed by atoms with Crippen molar-refractivity contribution in [2.24, 2.45) is 0 Å². The normalized spacial score (nSPS) is 10.8. The van der Waals surface area contributed by atoms with E-state index >= 15 is 0 Å². The van der Waals surface area contributed by atoms with Crippen molar-refractivity contribution in [1.29, 1.82) is 0 Å². The van der Waals surface area contributed by atoms with Gasteiger partial charge in [0.05, 0.1) is 5.69 Å². The molecule has 1 heterocycles. The quantitative estimate of drug-likeness (QED) is 0.474. The van der Waals surface area contributed by atoms with Crippen molar-refractivity contribution in [3.8, 4) is 10.4 Å². The number of benzene rings is 2. The molecule has 0 radical (unpaired) electrons. The lowest BCUT2D eigenvalue weighted by atomic mass is 10.2. The van der Waals surface area contributed by atoms with Gasteiger partial charge in [-0.05, 0) is 35.9 Å². The molecular weight excluding hydrogens is 384 g/mol. The van der Waals surface area contributed by atoms with Crippen molar-refractivity contribution >= 4 is 35.0 Å². The van der Waals surface area contributed by atoms with E-state index in [-0.39, 0.29) is 5.69 Å². The van der Waals surface area contributed by atoms with Crippen LogP contribution in [-0.2, 0) is 14.3 Å². The molecule has 0 atom stereocenters. The monoisotopic (exact) mass is 399 g/mol.